The molecule has 0 radical (unpaired) electrons. The summed E-state index contributed by atoms with van der Waals surface area (Å²) in [6.45, 7) is 3.53. The number of aryl methyl sites for hydroxylation is 1. The van der Waals surface area contributed by atoms with Gasteiger partial charge >= 0.3 is 5.97 Å². The highest BCUT2D eigenvalue weighted by molar-refractivity contribution is 8.00. The molecule has 0 spiro atoms. The van der Waals surface area contributed by atoms with Crippen LogP contribution in [0.2, 0.25) is 0 Å². The molecule has 1 atom stereocenters. The van der Waals surface area contributed by atoms with Crippen LogP contribution < -0.4 is 10.0 Å². The number of carbonyl (C=O) groups is 4. The molecule has 2 amide bonds. The third-order valence-electron chi connectivity index (χ3n) is 4.44. The van der Waals surface area contributed by atoms with Crippen LogP contribution in [0.15, 0.2) is 29.2 Å². The molecule has 0 bridgehead atoms. The Balaban J connectivity index is 1.95. The zero-order valence-electron chi connectivity index (χ0n) is 15.3. The van der Waals surface area contributed by atoms with Crippen molar-refractivity contribution in [2.45, 2.75) is 30.4 Å². The van der Waals surface area contributed by atoms with E-state index in [2.05, 4.69) is 0 Å². The van der Waals surface area contributed by atoms with Gasteiger partial charge in [-0.3, -0.25) is 9.59 Å². The van der Waals surface area contributed by atoms with Crippen molar-refractivity contribution in [1.29, 1.82) is 0 Å². The zero-order chi connectivity index (χ0) is 20.6. The predicted molar refractivity (Wildman–Crippen MR) is 103 cm³/mol. The Kier molecular flexibility index (Phi) is 5.57. The van der Waals surface area contributed by atoms with E-state index in [1.54, 1.807) is 32.0 Å². The molecule has 0 aliphatic carbocycles. The fourth-order valence-corrected chi connectivity index (χ4v) is 5.25. The molecule has 0 saturated carbocycles. The molecule has 1 fully saturated rings. The number of benzene rings is 1. The summed E-state index contributed by atoms with van der Waals surface area (Å²) in [7, 11) is 1.24. The number of hydrogen-bond donors (Lipinski definition) is 0. The Bertz CT molecular complexity index is 996. The van der Waals surface area contributed by atoms with E-state index in [0.717, 1.165) is 21.5 Å². The summed E-state index contributed by atoms with van der Waals surface area (Å²) in [4.78, 5) is 51.2. The Morgan fingerprint density at radius 3 is 2.57 bits per heavy atom. The molecule has 146 valence electrons. The summed E-state index contributed by atoms with van der Waals surface area (Å²) in [5.41, 5.74) is 0.822. The van der Waals surface area contributed by atoms with Crippen LogP contribution in [0.3, 0.4) is 0 Å². The van der Waals surface area contributed by atoms with E-state index in [-0.39, 0.29) is 22.5 Å². The lowest BCUT2D eigenvalue weighted by Crippen LogP contribution is -2.32. The minimum absolute atomic E-state index is 0.0377. The number of carboxylic acid groups (broad SMARTS) is 1. The van der Waals surface area contributed by atoms with Crippen molar-refractivity contribution in [2.24, 2.45) is 0 Å². The Labute approximate surface area is 169 Å². The Morgan fingerprint density at radius 1 is 1.25 bits per heavy atom. The fourth-order valence-electron chi connectivity index (χ4n) is 2.91. The lowest BCUT2D eigenvalue weighted by Gasteiger charge is -2.16. The van der Waals surface area contributed by atoms with Gasteiger partial charge < -0.3 is 14.6 Å². The first-order valence-electron chi connectivity index (χ1n) is 8.28. The number of carbonyl (C=O) groups excluding carboxylic acids is 4. The summed E-state index contributed by atoms with van der Waals surface area (Å²) in [5.74, 6) is -2.90. The zero-order valence-corrected chi connectivity index (χ0v) is 16.9. The van der Waals surface area contributed by atoms with Crippen molar-refractivity contribution in [3.8, 4) is 0 Å². The van der Waals surface area contributed by atoms with Crippen LogP contribution in [0.5, 0.6) is 0 Å². The highest BCUT2D eigenvalue weighted by atomic mass is 32.2. The molecule has 28 heavy (non-hydrogen) atoms. The number of methoxy groups -OCH3 is 1. The number of hydrogen-bond acceptors (Lipinski definition) is 8. The van der Waals surface area contributed by atoms with E-state index in [0.29, 0.717) is 10.5 Å². The molecule has 2 aromatic rings. The van der Waals surface area contributed by atoms with Gasteiger partial charge in [-0.2, -0.15) is 0 Å². The highest BCUT2D eigenvalue weighted by Crippen LogP contribution is 2.41. The lowest BCUT2D eigenvalue weighted by molar-refractivity contribution is -0.255. The Hall–Kier alpha value is -2.65. The molecular weight excluding hydrogens is 402 g/mol. The van der Waals surface area contributed by atoms with Crippen molar-refractivity contribution < 1.29 is 29.0 Å². The van der Waals surface area contributed by atoms with E-state index in [1.165, 1.54) is 24.5 Å². The normalized spacial score (nSPS) is 16.5. The average molecular weight is 418 g/mol. The molecule has 0 N–H and O–H groups in total. The number of amides is 2. The lowest BCUT2D eigenvalue weighted by atomic mass is 10.1. The molecule has 1 unspecified atom stereocenters. The van der Waals surface area contributed by atoms with Gasteiger partial charge in [0.15, 0.2) is 0 Å². The number of aromatic carboxylic acids is 1. The summed E-state index contributed by atoms with van der Waals surface area (Å²) < 4.78 is 4.81. The van der Waals surface area contributed by atoms with Crippen LogP contribution in [-0.4, -0.2) is 36.1 Å². The number of ether oxygens (including phenoxy) is 1. The standard InChI is InChI=1S/C19H17NO6S2/c1-9-10(2)27-17(15(9)19(25)26-3)20-14(21)8-13(16(20)22)28-12-7-5-4-6-11(12)18(23)24/h4-7,13H,8H2,1-3H3,(H,23,24)/p-1. The van der Waals surface area contributed by atoms with Crippen molar-refractivity contribution in [2.75, 3.05) is 12.0 Å². The number of rotatable bonds is 5. The SMILES string of the molecule is COC(=O)c1c(N2C(=O)CC(Sc3ccccc3C(=O)[O-])C2=O)sc(C)c1C. The van der Waals surface area contributed by atoms with Gasteiger partial charge in [0.2, 0.25) is 11.8 Å². The van der Waals surface area contributed by atoms with Crippen LogP contribution in [0.25, 0.3) is 0 Å². The molecule has 1 aliphatic heterocycles. The number of anilines is 1. The van der Waals surface area contributed by atoms with E-state index in [9.17, 15) is 24.3 Å². The number of thiophene rings is 1. The van der Waals surface area contributed by atoms with Gasteiger partial charge in [-0.25, -0.2) is 9.69 Å². The van der Waals surface area contributed by atoms with Crippen LogP contribution in [0, 0.1) is 13.8 Å². The van der Waals surface area contributed by atoms with Crippen molar-refractivity contribution in [3.63, 3.8) is 0 Å². The largest absolute Gasteiger partial charge is 0.545 e. The molecule has 1 saturated heterocycles. The van der Waals surface area contributed by atoms with E-state index in [4.69, 9.17) is 4.74 Å². The van der Waals surface area contributed by atoms with Crippen LogP contribution >= 0.6 is 23.1 Å². The molecule has 1 aromatic carbocycles. The van der Waals surface area contributed by atoms with Crippen molar-refractivity contribution >= 4 is 51.9 Å². The molecule has 7 nitrogen and oxygen atoms in total. The second-order valence-corrected chi connectivity index (χ2v) is 8.56. The fraction of sp³-hybridized carbons (Fsp3) is 0.263. The molecule has 3 rings (SSSR count). The van der Waals surface area contributed by atoms with Gasteiger partial charge in [0.25, 0.3) is 0 Å². The number of imide groups is 1. The third kappa shape index (κ3) is 3.43. The smallest absolute Gasteiger partial charge is 0.341 e. The first kappa shape index (κ1) is 20.1. The van der Waals surface area contributed by atoms with Crippen LogP contribution in [-0.2, 0) is 14.3 Å². The van der Waals surface area contributed by atoms with Gasteiger partial charge in [0.1, 0.15) is 5.00 Å². The maximum absolute atomic E-state index is 13.0. The summed E-state index contributed by atoms with van der Waals surface area (Å²) in [5, 5.41) is 10.7. The third-order valence-corrected chi connectivity index (χ3v) is 6.90. The first-order chi connectivity index (χ1) is 13.3. The van der Waals surface area contributed by atoms with Gasteiger partial charge in [-0.1, -0.05) is 18.2 Å². The maximum Gasteiger partial charge on any atom is 0.341 e. The van der Waals surface area contributed by atoms with Gasteiger partial charge in [-0.15, -0.1) is 23.1 Å². The van der Waals surface area contributed by atoms with Crippen LogP contribution in [0.1, 0.15) is 37.6 Å². The quantitative estimate of drug-likeness (QED) is 0.540. The van der Waals surface area contributed by atoms with Crippen LogP contribution in [0.4, 0.5) is 5.00 Å². The molecule has 1 aromatic heterocycles. The summed E-state index contributed by atoms with van der Waals surface area (Å²) in [6.07, 6.45) is -0.0957. The summed E-state index contributed by atoms with van der Waals surface area (Å²) >= 11 is 2.18. The second-order valence-electron chi connectivity index (χ2n) is 6.12. The average Bonchev–Trinajstić information content (AvgIpc) is 3.10. The number of carboxylic acids is 1. The second kappa shape index (κ2) is 7.76. The number of thioether (sulfide) groups is 1. The molecule has 1 aliphatic rings. The van der Waals surface area contributed by atoms with E-state index in [1.807, 2.05) is 0 Å². The molecule has 2 heterocycles. The topological polar surface area (TPSA) is 104 Å². The minimum Gasteiger partial charge on any atom is -0.545 e. The first-order valence-corrected chi connectivity index (χ1v) is 9.98. The van der Waals surface area contributed by atoms with Gasteiger partial charge in [0.05, 0.1) is 23.9 Å². The van der Waals surface area contributed by atoms with Gasteiger partial charge in [0, 0.05) is 21.8 Å². The van der Waals surface area contributed by atoms with E-state index >= 15 is 0 Å². The predicted octanol–water partition coefficient (Wildman–Crippen LogP) is 1.94. The van der Waals surface area contributed by atoms with E-state index < -0.39 is 29.0 Å². The van der Waals surface area contributed by atoms with Crippen molar-refractivity contribution in [3.05, 3.63) is 45.8 Å². The van der Waals surface area contributed by atoms with Gasteiger partial charge in [-0.05, 0) is 25.5 Å². The maximum atomic E-state index is 13.0. The molecule has 9 heteroatoms. The number of nitrogens with zero attached hydrogens (tertiary/aromatic N) is 1. The Morgan fingerprint density at radius 2 is 1.93 bits per heavy atom. The van der Waals surface area contributed by atoms with Crippen molar-refractivity contribution in [1.82, 2.24) is 0 Å². The minimum atomic E-state index is -1.35. The molecular formula is C19H16NO6S2-. The number of esters is 1. The summed E-state index contributed by atoms with van der Waals surface area (Å²) in [6, 6.07) is 6.16. The highest BCUT2D eigenvalue weighted by Gasteiger charge is 2.43. The monoisotopic (exact) mass is 418 g/mol.